The van der Waals surface area contributed by atoms with Crippen molar-refractivity contribution in [3.8, 4) is 0 Å². The predicted molar refractivity (Wildman–Crippen MR) is 115 cm³/mol. The van der Waals surface area contributed by atoms with Gasteiger partial charge in [0.1, 0.15) is 0 Å². The van der Waals surface area contributed by atoms with Gasteiger partial charge in [0.2, 0.25) is 20.0 Å². The van der Waals surface area contributed by atoms with E-state index in [-0.39, 0.29) is 16.6 Å². The minimum absolute atomic E-state index is 0.138. The van der Waals surface area contributed by atoms with Gasteiger partial charge in [0, 0.05) is 30.9 Å². The molecule has 0 aromatic heterocycles. The Morgan fingerprint density at radius 1 is 0.867 bits per heavy atom. The summed E-state index contributed by atoms with van der Waals surface area (Å²) in [4.78, 5) is 12.7. The second kappa shape index (κ2) is 8.01. The molecule has 2 saturated heterocycles. The van der Waals surface area contributed by atoms with Crippen LogP contribution in [0.1, 0.15) is 29.6 Å². The third kappa shape index (κ3) is 4.07. The summed E-state index contributed by atoms with van der Waals surface area (Å²) in [5, 5.41) is 2.73. The van der Waals surface area contributed by atoms with Crippen molar-refractivity contribution in [2.24, 2.45) is 0 Å². The lowest BCUT2D eigenvalue weighted by Gasteiger charge is -2.17. The largest absolute Gasteiger partial charge is 0.322 e. The number of nitrogens with zero attached hydrogens (tertiary/aromatic N) is 2. The van der Waals surface area contributed by atoms with Crippen molar-refractivity contribution in [2.45, 2.75) is 24.2 Å². The van der Waals surface area contributed by atoms with Crippen molar-refractivity contribution in [1.82, 2.24) is 4.31 Å². The van der Waals surface area contributed by atoms with E-state index in [9.17, 15) is 21.6 Å². The van der Waals surface area contributed by atoms with Gasteiger partial charge in [-0.3, -0.25) is 9.10 Å². The fraction of sp³-hybridized carbons (Fsp3) is 0.350. The first-order valence-electron chi connectivity index (χ1n) is 9.79. The topological polar surface area (TPSA) is 104 Å². The van der Waals surface area contributed by atoms with Crippen LogP contribution in [0.4, 0.5) is 11.4 Å². The fourth-order valence-corrected chi connectivity index (χ4v) is 6.78. The summed E-state index contributed by atoms with van der Waals surface area (Å²) in [6, 6.07) is 12.5. The molecule has 0 aliphatic carbocycles. The molecule has 0 atom stereocenters. The molecule has 0 radical (unpaired) electrons. The van der Waals surface area contributed by atoms with Crippen molar-refractivity contribution < 1.29 is 21.6 Å². The number of anilines is 2. The van der Waals surface area contributed by atoms with E-state index in [1.54, 1.807) is 36.4 Å². The van der Waals surface area contributed by atoms with Crippen molar-refractivity contribution in [3.63, 3.8) is 0 Å². The summed E-state index contributed by atoms with van der Waals surface area (Å²) in [6.07, 6.45) is 2.33. The first-order valence-corrected chi connectivity index (χ1v) is 12.8. The van der Waals surface area contributed by atoms with Gasteiger partial charge < -0.3 is 5.32 Å². The van der Waals surface area contributed by atoms with Crippen LogP contribution in [0, 0.1) is 0 Å². The molecular formula is C20H23N3O5S2. The van der Waals surface area contributed by atoms with Crippen LogP contribution < -0.4 is 9.62 Å². The minimum Gasteiger partial charge on any atom is -0.322 e. The van der Waals surface area contributed by atoms with Gasteiger partial charge in [-0.1, -0.05) is 0 Å². The van der Waals surface area contributed by atoms with Gasteiger partial charge in [0.15, 0.2) is 0 Å². The molecule has 0 unspecified atom stereocenters. The van der Waals surface area contributed by atoms with Crippen LogP contribution in [0.25, 0.3) is 0 Å². The summed E-state index contributed by atoms with van der Waals surface area (Å²) >= 11 is 0. The van der Waals surface area contributed by atoms with Crippen LogP contribution in [0.5, 0.6) is 0 Å². The number of sulfonamides is 2. The van der Waals surface area contributed by atoms with Gasteiger partial charge in [-0.15, -0.1) is 0 Å². The van der Waals surface area contributed by atoms with Gasteiger partial charge >= 0.3 is 0 Å². The maximum absolute atomic E-state index is 12.6. The minimum atomic E-state index is -3.49. The lowest BCUT2D eigenvalue weighted by molar-refractivity contribution is 0.102. The van der Waals surface area contributed by atoms with E-state index < -0.39 is 20.0 Å². The average molecular weight is 450 g/mol. The molecule has 0 saturated carbocycles. The molecule has 4 rings (SSSR count). The molecule has 2 aromatic rings. The van der Waals surface area contributed by atoms with Gasteiger partial charge in [-0.05, 0) is 67.8 Å². The molecular weight excluding hydrogens is 426 g/mol. The molecule has 2 heterocycles. The molecule has 1 amide bonds. The van der Waals surface area contributed by atoms with E-state index in [2.05, 4.69) is 5.32 Å². The van der Waals surface area contributed by atoms with E-state index in [1.807, 2.05) is 0 Å². The smallest absolute Gasteiger partial charge is 0.255 e. The van der Waals surface area contributed by atoms with Gasteiger partial charge in [-0.25, -0.2) is 16.8 Å². The fourth-order valence-electron chi connectivity index (χ4n) is 3.70. The van der Waals surface area contributed by atoms with E-state index in [0.717, 1.165) is 12.8 Å². The number of nitrogens with one attached hydrogen (secondary N) is 1. The number of amides is 1. The van der Waals surface area contributed by atoms with Crippen molar-refractivity contribution in [2.75, 3.05) is 35.0 Å². The zero-order valence-corrected chi connectivity index (χ0v) is 18.0. The number of hydrogen-bond donors (Lipinski definition) is 1. The highest BCUT2D eigenvalue weighted by molar-refractivity contribution is 7.93. The maximum Gasteiger partial charge on any atom is 0.255 e. The third-order valence-electron chi connectivity index (χ3n) is 5.33. The first kappa shape index (κ1) is 20.8. The molecule has 0 bridgehead atoms. The molecule has 1 N–H and O–H groups in total. The van der Waals surface area contributed by atoms with E-state index in [0.29, 0.717) is 43.0 Å². The molecule has 2 aromatic carbocycles. The summed E-state index contributed by atoms with van der Waals surface area (Å²) in [5.74, 6) is -0.223. The lowest BCUT2D eigenvalue weighted by atomic mass is 10.2. The Morgan fingerprint density at radius 2 is 1.50 bits per heavy atom. The molecule has 2 aliphatic rings. The summed E-state index contributed by atoms with van der Waals surface area (Å²) in [7, 11) is -6.76. The Kier molecular flexibility index (Phi) is 5.56. The maximum atomic E-state index is 12.6. The van der Waals surface area contributed by atoms with Crippen LogP contribution in [0.3, 0.4) is 0 Å². The van der Waals surface area contributed by atoms with Crippen molar-refractivity contribution in [1.29, 1.82) is 0 Å². The summed E-state index contributed by atoms with van der Waals surface area (Å²) < 4.78 is 52.0. The highest BCUT2D eigenvalue weighted by atomic mass is 32.2. The lowest BCUT2D eigenvalue weighted by Crippen LogP contribution is -2.27. The molecule has 160 valence electrons. The quantitative estimate of drug-likeness (QED) is 0.754. The molecule has 0 spiro atoms. The summed E-state index contributed by atoms with van der Waals surface area (Å²) in [5.41, 5.74) is 1.40. The Labute approximate surface area is 176 Å². The number of carbonyl (C=O) groups is 1. The Morgan fingerprint density at radius 3 is 2.07 bits per heavy atom. The predicted octanol–water partition coefficient (Wildman–Crippen LogP) is 2.26. The first-order chi connectivity index (χ1) is 14.3. The monoisotopic (exact) mass is 449 g/mol. The number of carbonyl (C=O) groups excluding carboxylic acids is 1. The average Bonchev–Trinajstić information content (AvgIpc) is 3.38. The molecule has 2 fully saturated rings. The van der Waals surface area contributed by atoms with Crippen molar-refractivity contribution >= 4 is 37.3 Å². The second-order valence-corrected chi connectivity index (χ2v) is 11.3. The molecule has 10 heteroatoms. The van der Waals surface area contributed by atoms with Crippen LogP contribution in [-0.2, 0) is 20.0 Å². The van der Waals surface area contributed by atoms with E-state index in [1.165, 1.54) is 20.7 Å². The Hall–Kier alpha value is -2.43. The molecule has 30 heavy (non-hydrogen) atoms. The zero-order valence-electron chi connectivity index (χ0n) is 16.3. The van der Waals surface area contributed by atoms with E-state index in [4.69, 9.17) is 0 Å². The van der Waals surface area contributed by atoms with Gasteiger partial charge in [-0.2, -0.15) is 4.31 Å². The van der Waals surface area contributed by atoms with Crippen LogP contribution in [0.15, 0.2) is 53.4 Å². The van der Waals surface area contributed by atoms with Crippen LogP contribution >= 0.6 is 0 Å². The number of benzene rings is 2. The molecule has 8 nitrogen and oxygen atoms in total. The van der Waals surface area contributed by atoms with Crippen LogP contribution in [-0.4, -0.2) is 52.4 Å². The standard InChI is InChI=1S/C20H23N3O5S2/c24-20(16-4-8-18(9-5-16)23-14-3-15-29(23,25)26)21-17-6-10-19(11-7-17)30(27,28)22-12-1-2-13-22/h4-11H,1-3,12-15H2,(H,21,24). The Bertz CT molecular complexity index is 1140. The zero-order chi connectivity index (χ0) is 21.4. The van der Waals surface area contributed by atoms with E-state index >= 15 is 0 Å². The van der Waals surface area contributed by atoms with Gasteiger partial charge in [0.25, 0.3) is 5.91 Å². The number of rotatable bonds is 5. The molecule has 2 aliphatic heterocycles. The summed E-state index contributed by atoms with van der Waals surface area (Å²) in [6.45, 7) is 1.52. The van der Waals surface area contributed by atoms with Crippen LogP contribution in [0.2, 0.25) is 0 Å². The van der Waals surface area contributed by atoms with Crippen molar-refractivity contribution in [3.05, 3.63) is 54.1 Å². The third-order valence-corrected chi connectivity index (χ3v) is 9.11. The number of hydrogen-bond acceptors (Lipinski definition) is 5. The highest BCUT2D eigenvalue weighted by Crippen LogP contribution is 2.25. The SMILES string of the molecule is O=C(Nc1ccc(S(=O)(=O)N2CCCC2)cc1)c1ccc(N2CCCS2(=O)=O)cc1. The normalized spacial score (nSPS) is 19.1. The second-order valence-electron chi connectivity index (χ2n) is 7.38. The highest BCUT2D eigenvalue weighted by Gasteiger charge is 2.29. The Balaban J connectivity index is 1.44. The van der Waals surface area contributed by atoms with Gasteiger partial charge in [0.05, 0.1) is 16.3 Å².